The largest absolute Gasteiger partial charge is 0.150 e. The van der Waals surface area contributed by atoms with Gasteiger partial charge in [0.05, 0.1) is 11.4 Å². The monoisotopic (exact) mass is 432 g/mol. The summed E-state index contributed by atoms with van der Waals surface area (Å²) in [6, 6.07) is 15.6. The van der Waals surface area contributed by atoms with Crippen LogP contribution in [0, 0.1) is 0 Å². The number of fused-ring (bicyclic) bond motifs is 2. The van der Waals surface area contributed by atoms with Crippen molar-refractivity contribution in [1.29, 1.82) is 0 Å². The molecule has 0 spiro atoms. The highest BCUT2D eigenvalue weighted by Gasteiger charge is 2.14. The summed E-state index contributed by atoms with van der Waals surface area (Å²) in [7, 11) is 0. The van der Waals surface area contributed by atoms with Crippen LogP contribution in [0.5, 0.6) is 0 Å². The molecule has 0 saturated carbocycles. The predicted octanol–water partition coefficient (Wildman–Crippen LogP) is 11.1. The van der Waals surface area contributed by atoms with E-state index >= 15 is 0 Å². The lowest BCUT2D eigenvalue weighted by atomic mass is 9.87. The number of benzene rings is 2. The average Bonchev–Trinajstić information content (AvgIpc) is 3.20. The summed E-state index contributed by atoms with van der Waals surface area (Å²) in [5.74, 6) is 0.711. The summed E-state index contributed by atoms with van der Waals surface area (Å²) < 4.78 is 0. The topological polar surface area (TPSA) is 24.7 Å². The third kappa shape index (κ3) is 7.87. The fourth-order valence-corrected chi connectivity index (χ4v) is 4.95. The molecule has 2 nitrogen and oxygen atoms in total. The van der Waals surface area contributed by atoms with Crippen molar-refractivity contribution in [2.24, 2.45) is 10.2 Å². The molecule has 1 atom stereocenters. The minimum atomic E-state index is 0.711. The van der Waals surface area contributed by atoms with E-state index in [1.807, 2.05) is 0 Å². The van der Waals surface area contributed by atoms with Gasteiger partial charge in [0.25, 0.3) is 0 Å². The Balaban J connectivity index is 1.52. The van der Waals surface area contributed by atoms with Crippen molar-refractivity contribution < 1.29 is 0 Å². The van der Waals surface area contributed by atoms with Crippen molar-refractivity contribution in [2.45, 2.75) is 116 Å². The number of nitrogens with zero attached hydrogens (tertiary/aromatic N) is 2. The van der Waals surface area contributed by atoms with Crippen molar-refractivity contribution in [2.75, 3.05) is 0 Å². The Bertz CT molecular complexity index is 806. The molecule has 1 unspecified atom stereocenters. The first-order chi connectivity index (χ1) is 15.8. The summed E-state index contributed by atoms with van der Waals surface area (Å²) in [6.07, 6.45) is 20.8. The van der Waals surface area contributed by atoms with E-state index in [1.54, 1.807) is 0 Å². The molecule has 0 aliphatic carbocycles. The number of rotatable bonds is 17. The SMILES string of the molecule is CCCCCCCCCCC(CCCCCCC)c1ccc(-c2ccc3cc2N=N3)cc1. The summed E-state index contributed by atoms with van der Waals surface area (Å²) >= 11 is 0. The average molecular weight is 433 g/mol. The second kappa shape index (κ2) is 14.2. The highest BCUT2D eigenvalue weighted by molar-refractivity contribution is 5.79. The molecular formula is C30H44N2. The summed E-state index contributed by atoms with van der Waals surface area (Å²) in [5, 5.41) is 8.49. The maximum Gasteiger partial charge on any atom is 0.0957 e. The van der Waals surface area contributed by atoms with Gasteiger partial charge in [-0.15, -0.1) is 5.11 Å². The van der Waals surface area contributed by atoms with E-state index in [1.165, 1.54) is 113 Å². The fourth-order valence-electron chi connectivity index (χ4n) is 4.95. The van der Waals surface area contributed by atoms with Crippen molar-refractivity contribution in [3.05, 3.63) is 48.0 Å². The molecule has 3 rings (SSSR count). The van der Waals surface area contributed by atoms with E-state index in [0.29, 0.717) is 5.92 Å². The van der Waals surface area contributed by atoms with Gasteiger partial charge in [0.1, 0.15) is 0 Å². The Hall–Kier alpha value is -1.96. The van der Waals surface area contributed by atoms with Crippen molar-refractivity contribution in [3.63, 3.8) is 0 Å². The second-order valence-corrected chi connectivity index (χ2v) is 9.69. The predicted molar refractivity (Wildman–Crippen MR) is 139 cm³/mol. The van der Waals surface area contributed by atoms with Gasteiger partial charge < -0.3 is 0 Å². The molecule has 2 aromatic carbocycles. The second-order valence-electron chi connectivity index (χ2n) is 9.69. The van der Waals surface area contributed by atoms with Gasteiger partial charge in [-0.2, -0.15) is 5.11 Å². The smallest absolute Gasteiger partial charge is 0.0957 e. The van der Waals surface area contributed by atoms with Crippen LogP contribution in [-0.2, 0) is 0 Å². The summed E-state index contributed by atoms with van der Waals surface area (Å²) in [5.41, 5.74) is 5.95. The molecule has 0 radical (unpaired) electrons. The third-order valence-corrected chi connectivity index (χ3v) is 7.01. The van der Waals surface area contributed by atoms with E-state index in [-0.39, 0.29) is 0 Å². The van der Waals surface area contributed by atoms with Crippen LogP contribution >= 0.6 is 0 Å². The van der Waals surface area contributed by atoms with E-state index in [4.69, 9.17) is 0 Å². The van der Waals surface area contributed by atoms with Crippen LogP contribution < -0.4 is 0 Å². The molecule has 2 heteroatoms. The van der Waals surface area contributed by atoms with Gasteiger partial charge in [-0.3, -0.25) is 0 Å². The molecule has 0 saturated heterocycles. The standard InChI is InChI=1S/C30H44N2/c1-3-5-7-9-10-11-13-15-17-25(16-14-12-8-6-4-2)26-18-20-27(21-19-26)29-23-22-28-24-30(29)32-31-28/h18-25H,3-17H2,1-2H3. The van der Waals surface area contributed by atoms with Crippen LogP contribution in [0.2, 0.25) is 0 Å². The van der Waals surface area contributed by atoms with E-state index in [2.05, 4.69) is 66.5 Å². The highest BCUT2D eigenvalue weighted by atomic mass is 15.1. The molecule has 1 heterocycles. The Morgan fingerprint density at radius 2 is 1.16 bits per heavy atom. The Morgan fingerprint density at radius 3 is 1.75 bits per heavy atom. The molecular weight excluding hydrogens is 388 g/mol. The molecule has 2 aromatic rings. The van der Waals surface area contributed by atoms with Gasteiger partial charge in [0.15, 0.2) is 0 Å². The molecule has 32 heavy (non-hydrogen) atoms. The molecule has 174 valence electrons. The molecule has 0 N–H and O–H groups in total. The van der Waals surface area contributed by atoms with Gasteiger partial charge in [-0.25, -0.2) is 0 Å². The minimum Gasteiger partial charge on any atom is -0.150 e. The first-order valence-corrected chi connectivity index (χ1v) is 13.5. The molecule has 1 aliphatic rings. The van der Waals surface area contributed by atoms with Crippen LogP contribution in [0.3, 0.4) is 0 Å². The van der Waals surface area contributed by atoms with Crippen molar-refractivity contribution >= 4 is 11.4 Å². The summed E-state index contributed by atoms with van der Waals surface area (Å²) in [4.78, 5) is 0. The first-order valence-electron chi connectivity index (χ1n) is 13.5. The van der Waals surface area contributed by atoms with Crippen LogP contribution in [0.25, 0.3) is 11.1 Å². The first kappa shape index (κ1) is 24.7. The molecule has 0 aromatic heterocycles. The zero-order valence-electron chi connectivity index (χ0n) is 20.6. The van der Waals surface area contributed by atoms with Crippen molar-refractivity contribution in [1.82, 2.24) is 0 Å². The lowest BCUT2D eigenvalue weighted by molar-refractivity contribution is 0.486. The fraction of sp³-hybridized carbons (Fsp3) is 0.600. The molecule has 0 fully saturated rings. The minimum absolute atomic E-state index is 0.711. The third-order valence-electron chi connectivity index (χ3n) is 7.01. The lowest BCUT2D eigenvalue weighted by Gasteiger charge is -2.18. The zero-order chi connectivity index (χ0) is 22.4. The Labute approximate surface area is 196 Å². The highest BCUT2D eigenvalue weighted by Crippen LogP contribution is 2.39. The number of hydrogen-bond acceptors (Lipinski definition) is 2. The van der Waals surface area contributed by atoms with Gasteiger partial charge in [0, 0.05) is 5.56 Å². The molecule has 0 amide bonds. The Kier molecular flexibility index (Phi) is 11.0. The van der Waals surface area contributed by atoms with Gasteiger partial charge in [-0.05, 0) is 48.1 Å². The van der Waals surface area contributed by atoms with Crippen LogP contribution in [0.15, 0.2) is 52.7 Å². The number of hydrogen-bond donors (Lipinski definition) is 0. The summed E-state index contributed by atoms with van der Waals surface area (Å²) in [6.45, 7) is 4.60. The maximum atomic E-state index is 4.31. The van der Waals surface area contributed by atoms with E-state index in [0.717, 1.165) is 11.4 Å². The quantitative estimate of drug-likeness (QED) is 0.189. The van der Waals surface area contributed by atoms with Crippen LogP contribution in [0.1, 0.15) is 122 Å². The van der Waals surface area contributed by atoms with Crippen molar-refractivity contribution in [3.8, 4) is 11.1 Å². The van der Waals surface area contributed by atoms with Crippen LogP contribution in [0.4, 0.5) is 11.4 Å². The zero-order valence-corrected chi connectivity index (χ0v) is 20.6. The maximum absolute atomic E-state index is 4.31. The van der Waals surface area contributed by atoms with E-state index in [9.17, 15) is 0 Å². The Morgan fingerprint density at radius 1 is 0.594 bits per heavy atom. The number of azo groups is 1. The lowest BCUT2D eigenvalue weighted by Crippen LogP contribution is -2.00. The van der Waals surface area contributed by atoms with E-state index < -0.39 is 0 Å². The normalized spacial score (nSPS) is 13.1. The molecule has 1 aliphatic heterocycles. The van der Waals surface area contributed by atoms with Gasteiger partial charge in [0.2, 0.25) is 0 Å². The number of unbranched alkanes of at least 4 members (excludes halogenated alkanes) is 11. The van der Waals surface area contributed by atoms with Gasteiger partial charge in [-0.1, -0.05) is 122 Å². The molecule has 2 bridgehead atoms. The van der Waals surface area contributed by atoms with Gasteiger partial charge >= 0.3 is 0 Å². The van der Waals surface area contributed by atoms with Crippen LogP contribution in [-0.4, -0.2) is 0 Å².